The summed E-state index contributed by atoms with van der Waals surface area (Å²) in [6, 6.07) is 24.5. The van der Waals surface area contributed by atoms with Gasteiger partial charge in [-0.05, 0) is 28.8 Å². The summed E-state index contributed by atoms with van der Waals surface area (Å²) in [5.74, 6) is -0.216. The molecule has 1 heterocycles. The number of rotatable bonds is 3. The van der Waals surface area contributed by atoms with E-state index in [1.165, 1.54) is 34.4 Å². The minimum absolute atomic E-state index is 0.216. The average Bonchev–Trinajstić information content (AvgIpc) is 3.08. The van der Waals surface area contributed by atoms with E-state index in [2.05, 4.69) is 58.6 Å². The van der Waals surface area contributed by atoms with Crippen molar-refractivity contribution in [1.29, 1.82) is 0 Å². The molecule has 0 radical (unpaired) electrons. The third kappa shape index (κ3) is 3.10. The third-order valence-corrected chi connectivity index (χ3v) is 5.86. The molecule has 0 amide bonds. The van der Waals surface area contributed by atoms with Crippen LogP contribution >= 0.6 is 0 Å². The van der Waals surface area contributed by atoms with Crippen LogP contribution in [0.1, 0.15) is 22.7 Å². The maximum absolute atomic E-state index is 13.0. The predicted molar refractivity (Wildman–Crippen MR) is 110 cm³/mol. The van der Waals surface area contributed by atoms with Crippen molar-refractivity contribution in [2.45, 2.75) is 6.04 Å². The molecule has 0 atom stereocenters. The monoisotopic (exact) mass is 372 g/mol. The summed E-state index contributed by atoms with van der Waals surface area (Å²) in [5, 5.41) is 6.73. The zero-order chi connectivity index (χ0) is 18.9. The summed E-state index contributed by atoms with van der Waals surface area (Å²) in [6.07, 6.45) is 1.82. The maximum Gasteiger partial charge on any atom is 0.140 e. The summed E-state index contributed by atoms with van der Waals surface area (Å²) in [5.41, 5.74) is 6.58. The third-order valence-electron chi connectivity index (χ3n) is 5.86. The topological polar surface area (TPSA) is 20.0 Å². The lowest BCUT2D eigenvalue weighted by molar-refractivity contribution is -0.929. The lowest BCUT2D eigenvalue weighted by Crippen LogP contribution is -3.14. The second-order valence-electron chi connectivity index (χ2n) is 7.52. The summed E-state index contributed by atoms with van der Waals surface area (Å²) < 4.78 is 13.0. The molecule has 140 valence electrons. The fourth-order valence-corrected chi connectivity index (χ4v) is 4.48. The summed E-state index contributed by atoms with van der Waals surface area (Å²) in [6.45, 7) is 3.95. The molecule has 0 bridgehead atoms. The molecule has 0 aromatic heterocycles. The van der Waals surface area contributed by atoms with Crippen LogP contribution in [0.2, 0.25) is 0 Å². The molecule has 1 saturated heterocycles. The fraction of sp³-hybridized carbons (Fsp3) is 0.208. The second-order valence-corrected chi connectivity index (χ2v) is 7.52. The van der Waals surface area contributed by atoms with Crippen molar-refractivity contribution < 1.29 is 9.29 Å². The van der Waals surface area contributed by atoms with Gasteiger partial charge in [-0.15, -0.1) is 0 Å². The highest BCUT2D eigenvalue weighted by molar-refractivity contribution is 5.79. The predicted octanol–water partition coefficient (Wildman–Crippen LogP) is 3.13. The van der Waals surface area contributed by atoms with Crippen molar-refractivity contribution in [2.75, 3.05) is 26.2 Å². The van der Waals surface area contributed by atoms with Gasteiger partial charge in [-0.3, -0.25) is 5.01 Å². The van der Waals surface area contributed by atoms with Crippen molar-refractivity contribution in [3.05, 3.63) is 95.3 Å². The van der Waals surface area contributed by atoms with Gasteiger partial charge in [0.15, 0.2) is 0 Å². The number of hydrazone groups is 1. The Hall–Kier alpha value is -2.98. The van der Waals surface area contributed by atoms with Crippen molar-refractivity contribution in [1.82, 2.24) is 5.01 Å². The summed E-state index contributed by atoms with van der Waals surface area (Å²) in [4.78, 5) is 1.60. The molecular formula is C24H23FN3+. The Morgan fingerprint density at radius 1 is 0.821 bits per heavy atom. The minimum atomic E-state index is -0.216. The van der Waals surface area contributed by atoms with Crippen LogP contribution in [0.4, 0.5) is 4.39 Å². The first-order valence-electron chi connectivity index (χ1n) is 9.87. The molecule has 1 aliphatic heterocycles. The first-order chi connectivity index (χ1) is 13.8. The molecule has 3 aromatic carbocycles. The molecule has 0 unspecified atom stereocenters. The highest BCUT2D eigenvalue weighted by atomic mass is 19.1. The van der Waals surface area contributed by atoms with Gasteiger partial charge in [0, 0.05) is 11.1 Å². The Kier molecular flexibility index (Phi) is 4.41. The number of piperazine rings is 1. The number of hydrogen-bond donors (Lipinski definition) is 1. The highest BCUT2D eigenvalue weighted by Crippen LogP contribution is 2.41. The van der Waals surface area contributed by atoms with Gasteiger partial charge >= 0.3 is 0 Å². The van der Waals surface area contributed by atoms with Crippen LogP contribution < -0.4 is 4.90 Å². The SMILES string of the molecule is Fc1ccc(/C=N/N2CC[NH+](C3c4ccccc4-c4ccccc43)CC2)cc1. The fourth-order valence-electron chi connectivity index (χ4n) is 4.48. The van der Waals surface area contributed by atoms with E-state index in [1.54, 1.807) is 17.0 Å². The van der Waals surface area contributed by atoms with Gasteiger partial charge in [-0.1, -0.05) is 60.7 Å². The van der Waals surface area contributed by atoms with Crippen LogP contribution in [0, 0.1) is 5.82 Å². The molecular weight excluding hydrogens is 349 g/mol. The van der Waals surface area contributed by atoms with Gasteiger partial charge in [0.05, 0.1) is 32.4 Å². The first-order valence-corrected chi connectivity index (χ1v) is 9.87. The standard InChI is InChI=1S/C24H22FN3/c25-19-11-9-18(10-12-19)17-26-28-15-13-27(14-16-28)24-22-7-3-1-5-20(22)21-6-2-4-8-23(21)24/h1-12,17,24H,13-16H2/p+1/b26-17+. The summed E-state index contributed by atoms with van der Waals surface area (Å²) >= 11 is 0. The Morgan fingerprint density at radius 2 is 1.39 bits per heavy atom. The number of nitrogens with zero attached hydrogens (tertiary/aromatic N) is 2. The van der Waals surface area contributed by atoms with E-state index in [0.29, 0.717) is 6.04 Å². The Bertz CT molecular complexity index is 959. The maximum atomic E-state index is 13.0. The van der Waals surface area contributed by atoms with E-state index in [9.17, 15) is 4.39 Å². The van der Waals surface area contributed by atoms with E-state index < -0.39 is 0 Å². The number of fused-ring (bicyclic) bond motifs is 3. The van der Waals surface area contributed by atoms with Gasteiger partial charge in [0.2, 0.25) is 0 Å². The van der Waals surface area contributed by atoms with Crippen LogP contribution in [0.25, 0.3) is 11.1 Å². The first kappa shape index (κ1) is 17.1. The lowest BCUT2D eigenvalue weighted by Gasteiger charge is -2.34. The van der Waals surface area contributed by atoms with Gasteiger partial charge < -0.3 is 4.90 Å². The zero-order valence-corrected chi connectivity index (χ0v) is 15.7. The second kappa shape index (κ2) is 7.21. The quantitative estimate of drug-likeness (QED) is 0.701. The van der Waals surface area contributed by atoms with E-state index in [4.69, 9.17) is 0 Å². The number of halogens is 1. The van der Waals surface area contributed by atoms with Gasteiger partial charge in [0.25, 0.3) is 0 Å². The molecule has 28 heavy (non-hydrogen) atoms. The Balaban J connectivity index is 1.31. The summed E-state index contributed by atoms with van der Waals surface area (Å²) in [7, 11) is 0. The number of benzene rings is 3. The van der Waals surface area contributed by atoms with Crippen molar-refractivity contribution >= 4 is 6.21 Å². The van der Waals surface area contributed by atoms with Crippen LogP contribution in [-0.4, -0.2) is 37.4 Å². The van der Waals surface area contributed by atoms with Crippen molar-refractivity contribution in [3.8, 4) is 11.1 Å². The van der Waals surface area contributed by atoms with Crippen LogP contribution in [0.5, 0.6) is 0 Å². The van der Waals surface area contributed by atoms with Gasteiger partial charge in [0.1, 0.15) is 11.9 Å². The molecule has 3 nitrogen and oxygen atoms in total. The van der Waals surface area contributed by atoms with Crippen LogP contribution in [0.15, 0.2) is 77.9 Å². The molecule has 0 saturated carbocycles. The average molecular weight is 372 g/mol. The highest BCUT2D eigenvalue weighted by Gasteiger charge is 2.37. The van der Waals surface area contributed by atoms with Crippen LogP contribution in [0.3, 0.4) is 0 Å². The van der Waals surface area contributed by atoms with E-state index in [0.717, 1.165) is 31.7 Å². The molecule has 1 N–H and O–H groups in total. The van der Waals surface area contributed by atoms with Gasteiger partial charge in [-0.25, -0.2) is 4.39 Å². The van der Waals surface area contributed by atoms with Gasteiger partial charge in [-0.2, -0.15) is 5.10 Å². The smallest absolute Gasteiger partial charge is 0.140 e. The molecule has 3 aromatic rings. The molecule has 5 rings (SSSR count). The van der Waals surface area contributed by atoms with Crippen LogP contribution in [-0.2, 0) is 0 Å². The zero-order valence-electron chi connectivity index (χ0n) is 15.7. The largest absolute Gasteiger partial charge is 0.322 e. The van der Waals surface area contributed by atoms with E-state index in [-0.39, 0.29) is 5.82 Å². The number of quaternary nitrogens is 1. The Morgan fingerprint density at radius 3 is 2.00 bits per heavy atom. The number of nitrogens with one attached hydrogen (secondary N) is 1. The van der Waals surface area contributed by atoms with Crippen molar-refractivity contribution in [2.24, 2.45) is 5.10 Å². The minimum Gasteiger partial charge on any atom is -0.322 e. The molecule has 0 spiro atoms. The molecule has 4 heteroatoms. The lowest BCUT2D eigenvalue weighted by atomic mass is 10.0. The Labute approximate surface area is 164 Å². The molecule has 1 fully saturated rings. The molecule has 2 aliphatic rings. The number of hydrogen-bond acceptors (Lipinski definition) is 2. The normalized spacial score (nSPS) is 17.1. The van der Waals surface area contributed by atoms with E-state index in [1.807, 2.05) is 6.21 Å². The van der Waals surface area contributed by atoms with Crippen molar-refractivity contribution in [3.63, 3.8) is 0 Å². The molecule has 1 aliphatic carbocycles. The van der Waals surface area contributed by atoms with E-state index >= 15 is 0 Å².